The molecule has 0 aromatic heterocycles. The molecule has 1 rings (SSSR count). The lowest BCUT2D eigenvalue weighted by Crippen LogP contribution is -2.03. The van der Waals surface area contributed by atoms with Crippen molar-refractivity contribution in [1.82, 2.24) is 0 Å². The first-order valence-electron chi connectivity index (χ1n) is 3.69. The van der Waals surface area contributed by atoms with Crippen molar-refractivity contribution in [3.05, 3.63) is 46.1 Å². The van der Waals surface area contributed by atoms with Crippen molar-refractivity contribution in [1.29, 1.82) is 0 Å². The van der Waals surface area contributed by atoms with Crippen molar-refractivity contribution in [2.45, 2.75) is 6.10 Å². The summed E-state index contributed by atoms with van der Waals surface area (Å²) in [5, 5.41) is 12.5. The summed E-state index contributed by atoms with van der Waals surface area (Å²) in [4.78, 5) is 2.47. The molecule has 0 aliphatic heterocycles. The molecule has 0 unspecified atom stereocenters. The van der Waals surface area contributed by atoms with E-state index in [0.717, 1.165) is 0 Å². The first kappa shape index (κ1) is 9.51. The molecule has 0 aliphatic carbocycles. The van der Waals surface area contributed by atoms with Crippen LogP contribution < -0.4 is 0 Å². The lowest BCUT2D eigenvalue weighted by Gasteiger charge is -2.07. The van der Waals surface area contributed by atoms with Gasteiger partial charge in [0.05, 0.1) is 12.6 Å². The molecule has 1 atom stereocenters. The summed E-state index contributed by atoms with van der Waals surface area (Å²) in [6, 6.07) is 5.83. The summed E-state index contributed by atoms with van der Waals surface area (Å²) in [5.41, 5.74) is 8.13. The van der Waals surface area contributed by atoms with Crippen molar-refractivity contribution in [3.63, 3.8) is 0 Å². The molecule has 0 radical (unpaired) electrons. The zero-order valence-corrected chi connectivity index (χ0v) is 6.76. The summed E-state index contributed by atoms with van der Waals surface area (Å²) < 4.78 is 13.0. The van der Waals surface area contributed by atoms with Gasteiger partial charge in [0.25, 0.3) is 0 Å². The fraction of sp³-hybridized carbons (Fsp3) is 0.250. The van der Waals surface area contributed by atoms with Crippen molar-refractivity contribution in [3.8, 4) is 0 Å². The number of benzene rings is 1. The third kappa shape index (κ3) is 2.43. The number of halogens is 1. The lowest BCUT2D eigenvalue weighted by atomic mass is 10.1. The quantitative estimate of drug-likeness (QED) is 0.433. The molecule has 1 N–H and O–H groups in total. The minimum Gasteiger partial charge on any atom is -0.388 e. The summed E-state index contributed by atoms with van der Waals surface area (Å²) in [5.74, 6) is -0.497. The Bertz CT molecular complexity index is 336. The van der Waals surface area contributed by atoms with E-state index in [0.29, 0.717) is 0 Å². The molecule has 0 spiro atoms. The SMILES string of the molecule is [N-]=[N+]=NC[C@H](O)c1ccccc1F. The van der Waals surface area contributed by atoms with Crippen LogP contribution in [0.2, 0.25) is 0 Å². The number of nitrogens with zero attached hydrogens (tertiary/aromatic N) is 3. The maximum absolute atomic E-state index is 13.0. The Kier molecular flexibility index (Phi) is 3.25. The molecular weight excluding hydrogens is 173 g/mol. The second-order valence-electron chi connectivity index (χ2n) is 2.45. The van der Waals surface area contributed by atoms with Gasteiger partial charge in [-0.3, -0.25) is 0 Å². The van der Waals surface area contributed by atoms with Gasteiger partial charge in [0.1, 0.15) is 5.82 Å². The van der Waals surface area contributed by atoms with Crippen LogP contribution in [0, 0.1) is 5.82 Å². The van der Waals surface area contributed by atoms with Crippen LogP contribution in [0.1, 0.15) is 11.7 Å². The van der Waals surface area contributed by atoms with E-state index < -0.39 is 11.9 Å². The number of aliphatic hydroxyl groups is 1. The molecule has 0 saturated heterocycles. The Morgan fingerprint density at radius 2 is 2.23 bits per heavy atom. The topological polar surface area (TPSA) is 69.0 Å². The first-order chi connectivity index (χ1) is 6.25. The molecule has 0 heterocycles. The van der Waals surface area contributed by atoms with Gasteiger partial charge in [0, 0.05) is 10.5 Å². The second kappa shape index (κ2) is 4.45. The van der Waals surface area contributed by atoms with Gasteiger partial charge < -0.3 is 5.11 Å². The highest BCUT2D eigenvalue weighted by molar-refractivity contribution is 5.19. The number of rotatable bonds is 3. The Labute approximate surface area is 74.3 Å². The van der Waals surface area contributed by atoms with Gasteiger partial charge in [-0.1, -0.05) is 23.3 Å². The zero-order chi connectivity index (χ0) is 9.68. The third-order valence-electron chi connectivity index (χ3n) is 1.58. The van der Waals surface area contributed by atoms with Gasteiger partial charge in [-0.25, -0.2) is 4.39 Å². The monoisotopic (exact) mass is 181 g/mol. The van der Waals surface area contributed by atoms with E-state index in [2.05, 4.69) is 10.0 Å². The molecule has 0 amide bonds. The molecule has 1 aromatic rings. The fourth-order valence-electron chi connectivity index (χ4n) is 0.958. The normalized spacial score (nSPS) is 11.8. The van der Waals surface area contributed by atoms with Crippen LogP contribution in [0.4, 0.5) is 4.39 Å². The average molecular weight is 181 g/mol. The van der Waals surface area contributed by atoms with Crippen LogP contribution in [0.15, 0.2) is 29.4 Å². The predicted molar refractivity (Wildman–Crippen MR) is 45.4 cm³/mol. The molecule has 0 fully saturated rings. The standard InChI is InChI=1S/C8H8FN3O/c9-7-4-2-1-3-6(7)8(13)5-11-12-10/h1-4,8,13H,5H2/t8-/m0/s1. The zero-order valence-electron chi connectivity index (χ0n) is 6.76. The van der Waals surface area contributed by atoms with Gasteiger partial charge in [-0.05, 0) is 11.6 Å². The van der Waals surface area contributed by atoms with Crippen LogP contribution in [-0.2, 0) is 0 Å². The van der Waals surface area contributed by atoms with Crippen LogP contribution in [-0.4, -0.2) is 11.7 Å². The van der Waals surface area contributed by atoms with E-state index in [-0.39, 0.29) is 12.1 Å². The molecule has 5 heteroatoms. The van der Waals surface area contributed by atoms with E-state index in [1.807, 2.05) is 0 Å². The van der Waals surface area contributed by atoms with Crippen LogP contribution >= 0.6 is 0 Å². The van der Waals surface area contributed by atoms with Crippen molar-refractivity contribution in [2.75, 3.05) is 6.54 Å². The van der Waals surface area contributed by atoms with Crippen molar-refractivity contribution in [2.24, 2.45) is 5.11 Å². The highest BCUT2D eigenvalue weighted by Gasteiger charge is 2.10. The molecular formula is C8H8FN3O. The third-order valence-corrected chi connectivity index (χ3v) is 1.58. The van der Waals surface area contributed by atoms with E-state index >= 15 is 0 Å². The smallest absolute Gasteiger partial charge is 0.128 e. The number of azide groups is 1. The molecule has 4 nitrogen and oxygen atoms in total. The number of hydrogen-bond acceptors (Lipinski definition) is 2. The molecule has 68 valence electrons. The minimum absolute atomic E-state index is 0.148. The number of hydrogen-bond donors (Lipinski definition) is 1. The van der Waals surface area contributed by atoms with Crippen LogP contribution in [0.3, 0.4) is 0 Å². The molecule has 13 heavy (non-hydrogen) atoms. The Balaban J connectivity index is 2.81. The average Bonchev–Trinajstić information content (AvgIpc) is 2.15. The predicted octanol–water partition coefficient (Wildman–Crippen LogP) is 2.17. The van der Waals surface area contributed by atoms with E-state index in [9.17, 15) is 9.50 Å². The molecule has 0 aliphatic rings. The summed E-state index contributed by atoms with van der Waals surface area (Å²) in [6.45, 7) is -0.155. The minimum atomic E-state index is -1.07. The first-order valence-corrected chi connectivity index (χ1v) is 3.69. The van der Waals surface area contributed by atoms with Gasteiger partial charge in [0.2, 0.25) is 0 Å². The van der Waals surface area contributed by atoms with E-state index in [1.54, 1.807) is 6.07 Å². The summed E-state index contributed by atoms with van der Waals surface area (Å²) in [7, 11) is 0. The van der Waals surface area contributed by atoms with E-state index in [1.165, 1.54) is 18.2 Å². The number of aliphatic hydroxyl groups excluding tert-OH is 1. The lowest BCUT2D eigenvalue weighted by molar-refractivity contribution is 0.182. The Morgan fingerprint density at radius 1 is 1.54 bits per heavy atom. The summed E-state index contributed by atoms with van der Waals surface area (Å²) in [6.07, 6.45) is -1.07. The molecule has 0 bridgehead atoms. The van der Waals surface area contributed by atoms with Gasteiger partial charge >= 0.3 is 0 Å². The van der Waals surface area contributed by atoms with Gasteiger partial charge in [0.15, 0.2) is 0 Å². The maximum Gasteiger partial charge on any atom is 0.128 e. The van der Waals surface area contributed by atoms with Gasteiger partial charge in [-0.15, -0.1) is 0 Å². The van der Waals surface area contributed by atoms with Crippen molar-refractivity contribution >= 4 is 0 Å². The maximum atomic E-state index is 13.0. The second-order valence-corrected chi connectivity index (χ2v) is 2.45. The highest BCUT2D eigenvalue weighted by atomic mass is 19.1. The fourth-order valence-corrected chi connectivity index (χ4v) is 0.958. The highest BCUT2D eigenvalue weighted by Crippen LogP contribution is 2.16. The van der Waals surface area contributed by atoms with Gasteiger partial charge in [-0.2, -0.15) is 0 Å². The molecule has 0 saturated carbocycles. The largest absolute Gasteiger partial charge is 0.388 e. The van der Waals surface area contributed by atoms with Crippen molar-refractivity contribution < 1.29 is 9.50 Å². The van der Waals surface area contributed by atoms with Crippen LogP contribution in [0.25, 0.3) is 10.4 Å². The molecule has 1 aromatic carbocycles. The Hall–Kier alpha value is -1.58. The summed E-state index contributed by atoms with van der Waals surface area (Å²) >= 11 is 0. The van der Waals surface area contributed by atoms with Crippen LogP contribution in [0.5, 0.6) is 0 Å². The van der Waals surface area contributed by atoms with E-state index in [4.69, 9.17) is 5.53 Å². The Morgan fingerprint density at radius 3 is 2.85 bits per heavy atom.